The average molecular weight is 384 g/mol. The van der Waals surface area contributed by atoms with Crippen molar-refractivity contribution in [2.45, 2.75) is 18.9 Å². The molecule has 0 aliphatic carbocycles. The minimum Gasteiger partial charge on any atom is -0.473 e. The number of benzene rings is 2. The fourth-order valence-electron chi connectivity index (χ4n) is 3.77. The Morgan fingerprint density at radius 2 is 1.69 bits per heavy atom. The number of carbonyl (C=O) groups excluding carboxylic acids is 1. The number of amides is 1. The van der Waals surface area contributed by atoms with E-state index < -0.39 is 0 Å². The number of hydrogen-bond donors (Lipinski definition) is 0. The highest BCUT2D eigenvalue weighted by Gasteiger charge is 2.26. The van der Waals surface area contributed by atoms with Crippen LogP contribution in [0.4, 0.5) is 0 Å². The maximum absolute atomic E-state index is 12.9. The molecule has 0 spiro atoms. The van der Waals surface area contributed by atoms with Crippen LogP contribution in [-0.2, 0) is 0 Å². The molecule has 5 rings (SSSR count). The van der Waals surface area contributed by atoms with Gasteiger partial charge in [-0.05, 0) is 18.2 Å². The molecule has 0 bridgehead atoms. The maximum atomic E-state index is 12.9. The van der Waals surface area contributed by atoms with Crippen molar-refractivity contribution in [3.8, 4) is 5.88 Å². The van der Waals surface area contributed by atoms with Crippen LogP contribution in [0.25, 0.3) is 21.7 Å². The Balaban J connectivity index is 1.26. The predicted octanol–water partition coefficient (Wildman–Crippen LogP) is 3.86. The Kier molecular flexibility index (Phi) is 4.52. The standard InChI is InChI=1S/C23H20N4O2/c28-23(21-10-9-16-5-2-4-8-20(16)25-21)27-13-11-18(12-14-27)29-22-19-7-3-1-6-17(19)15-24-26-22/h1-10,15,18H,11-14H2. The molecule has 2 aromatic heterocycles. The normalized spacial score (nSPS) is 15.0. The summed E-state index contributed by atoms with van der Waals surface area (Å²) in [7, 11) is 0. The number of ether oxygens (including phenoxy) is 1. The van der Waals surface area contributed by atoms with E-state index in [2.05, 4.69) is 15.2 Å². The lowest BCUT2D eigenvalue weighted by Crippen LogP contribution is -2.42. The summed E-state index contributed by atoms with van der Waals surface area (Å²) in [5, 5.41) is 11.2. The fraction of sp³-hybridized carbons (Fsp3) is 0.217. The molecule has 4 aromatic rings. The Morgan fingerprint density at radius 3 is 2.55 bits per heavy atom. The van der Waals surface area contributed by atoms with Crippen molar-refractivity contribution in [3.63, 3.8) is 0 Å². The number of likely N-dealkylation sites (tertiary alicyclic amines) is 1. The minimum absolute atomic E-state index is 0.0173. The molecule has 0 unspecified atom stereocenters. The summed E-state index contributed by atoms with van der Waals surface area (Å²) in [6.45, 7) is 1.27. The van der Waals surface area contributed by atoms with Gasteiger partial charge in [-0.3, -0.25) is 4.79 Å². The molecular formula is C23H20N4O2. The van der Waals surface area contributed by atoms with Gasteiger partial charge in [-0.2, -0.15) is 5.10 Å². The summed E-state index contributed by atoms with van der Waals surface area (Å²) in [5.74, 6) is 0.531. The summed E-state index contributed by atoms with van der Waals surface area (Å²) in [6.07, 6.45) is 3.26. The zero-order chi connectivity index (χ0) is 19.6. The number of rotatable bonds is 3. The molecule has 0 atom stereocenters. The third-order valence-electron chi connectivity index (χ3n) is 5.36. The van der Waals surface area contributed by atoms with E-state index in [-0.39, 0.29) is 12.0 Å². The third kappa shape index (κ3) is 3.49. The zero-order valence-electron chi connectivity index (χ0n) is 15.9. The first-order valence-corrected chi connectivity index (χ1v) is 9.80. The van der Waals surface area contributed by atoms with Gasteiger partial charge in [0, 0.05) is 42.1 Å². The lowest BCUT2D eigenvalue weighted by molar-refractivity contribution is 0.0584. The molecule has 1 amide bonds. The van der Waals surface area contributed by atoms with Gasteiger partial charge in [0.2, 0.25) is 5.88 Å². The first-order chi connectivity index (χ1) is 14.3. The molecule has 1 fully saturated rings. The van der Waals surface area contributed by atoms with Crippen LogP contribution in [0.2, 0.25) is 0 Å². The zero-order valence-corrected chi connectivity index (χ0v) is 15.9. The van der Waals surface area contributed by atoms with Crippen LogP contribution in [0.1, 0.15) is 23.3 Å². The van der Waals surface area contributed by atoms with Gasteiger partial charge < -0.3 is 9.64 Å². The Hall–Kier alpha value is -3.54. The highest BCUT2D eigenvalue weighted by atomic mass is 16.5. The van der Waals surface area contributed by atoms with Gasteiger partial charge in [0.1, 0.15) is 11.8 Å². The molecule has 2 aromatic carbocycles. The number of piperidine rings is 1. The second kappa shape index (κ2) is 7.47. The largest absolute Gasteiger partial charge is 0.473 e. The number of fused-ring (bicyclic) bond motifs is 2. The van der Waals surface area contributed by atoms with Crippen LogP contribution in [0.5, 0.6) is 5.88 Å². The van der Waals surface area contributed by atoms with E-state index in [0.717, 1.165) is 34.5 Å². The molecule has 3 heterocycles. The first-order valence-electron chi connectivity index (χ1n) is 9.80. The Bertz CT molecular complexity index is 1180. The van der Waals surface area contributed by atoms with Crippen LogP contribution in [0.15, 0.2) is 66.9 Å². The van der Waals surface area contributed by atoms with Crippen molar-refractivity contribution < 1.29 is 9.53 Å². The molecule has 1 saturated heterocycles. The molecule has 0 saturated carbocycles. The first kappa shape index (κ1) is 17.6. The third-order valence-corrected chi connectivity index (χ3v) is 5.36. The van der Waals surface area contributed by atoms with Gasteiger partial charge in [0.05, 0.1) is 11.7 Å². The van der Waals surface area contributed by atoms with E-state index in [1.165, 1.54) is 0 Å². The maximum Gasteiger partial charge on any atom is 0.272 e. The Morgan fingerprint density at radius 1 is 0.931 bits per heavy atom. The van der Waals surface area contributed by atoms with Crippen LogP contribution in [0, 0.1) is 0 Å². The molecule has 1 aliphatic rings. The second-order valence-corrected chi connectivity index (χ2v) is 7.24. The lowest BCUT2D eigenvalue weighted by Gasteiger charge is -2.31. The van der Waals surface area contributed by atoms with Crippen LogP contribution in [-0.4, -0.2) is 45.2 Å². The van der Waals surface area contributed by atoms with Crippen molar-refractivity contribution in [2.75, 3.05) is 13.1 Å². The highest BCUT2D eigenvalue weighted by Crippen LogP contribution is 2.25. The topological polar surface area (TPSA) is 68.2 Å². The number of nitrogens with zero attached hydrogens (tertiary/aromatic N) is 4. The number of para-hydroxylation sites is 1. The van der Waals surface area contributed by atoms with E-state index in [0.29, 0.717) is 24.7 Å². The number of hydrogen-bond acceptors (Lipinski definition) is 5. The average Bonchev–Trinajstić information content (AvgIpc) is 2.79. The summed E-state index contributed by atoms with van der Waals surface area (Å²) < 4.78 is 6.13. The minimum atomic E-state index is -0.0286. The van der Waals surface area contributed by atoms with E-state index in [1.807, 2.05) is 59.5 Å². The van der Waals surface area contributed by atoms with Gasteiger partial charge in [0.25, 0.3) is 5.91 Å². The van der Waals surface area contributed by atoms with Crippen molar-refractivity contribution in [1.82, 2.24) is 20.1 Å². The van der Waals surface area contributed by atoms with Crippen molar-refractivity contribution in [2.24, 2.45) is 0 Å². The van der Waals surface area contributed by atoms with E-state index in [4.69, 9.17) is 4.74 Å². The quantitative estimate of drug-likeness (QED) is 0.536. The van der Waals surface area contributed by atoms with Crippen LogP contribution >= 0.6 is 0 Å². The van der Waals surface area contributed by atoms with Crippen molar-refractivity contribution >= 4 is 27.6 Å². The summed E-state index contributed by atoms with van der Waals surface area (Å²) in [6, 6.07) is 19.5. The monoisotopic (exact) mass is 384 g/mol. The van der Waals surface area contributed by atoms with E-state index in [1.54, 1.807) is 12.3 Å². The SMILES string of the molecule is O=C(c1ccc2ccccc2n1)N1CCC(Oc2nncc3ccccc23)CC1. The Labute approximate surface area is 168 Å². The van der Waals surface area contributed by atoms with Crippen LogP contribution < -0.4 is 4.74 Å². The summed E-state index contributed by atoms with van der Waals surface area (Å²) in [4.78, 5) is 19.3. The predicted molar refractivity (Wildman–Crippen MR) is 111 cm³/mol. The van der Waals surface area contributed by atoms with Gasteiger partial charge in [-0.1, -0.05) is 42.5 Å². The number of aromatic nitrogens is 3. The molecule has 0 N–H and O–H groups in total. The fourth-order valence-corrected chi connectivity index (χ4v) is 3.77. The summed E-state index contributed by atoms with van der Waals surface area (Å²) >= 11 is 0. The van der Waals surface area contributed by atoms with Crippen molar-refractivity contribution in [3.05, 3.63) is 72.6 Å². The number of pyridine rings is 1. The van der Waals surface area contributed by atoms with Gasteiger partial charge in [-0.25, -0.2) is 4.98 Å². The molecule has 1 aliphatic heterocycles. The molecule has 29 heavy (non-hydrogen) atoms. The molecule has 6 heteroatoms. The van der Waals surface area contributed by atoms with E-state index in [9.17, 15) is 4.79 Å². The van der Waals surface area contributed by atoms with E-state index >= 15 is 0 Å². The lowest BCUT2D eigenvalue weighted by atomic mass is 10.1. The molecular weight excluding hydrogens is 364 g/mol. The molecule has 0 radical (unpaired) electrons. The molecule has 6 nitrogen and oxygen atoms in total. The second-order valence-electron chi connectivity index (χ2n) is 7.24. The smallest absolute Gasteiger partial charge is 0.272 e. The van der Waals surface area contributed by atoms with Crippen molar-refractivity contribution in [1.29, 1.82) is 0 Å². The highest BCUT2D eigenvalue weighted by molar-refractivity contribution is 5.95. The van der Waals surface area contributed by atoms with Gasteiger partial charge in [-0.15, -0.1) is 5.10 Å². The van der Waals surface area contributed by atoms with Gasteiger partial charge >= 0.3 is 0 Å². The summed E-state index contributed by atoms with van der Waals surface area (Å²) in [5.41, 5.74) is 1.33. The number of carbonyl (C=O) groups is 1. The van der Waals surface area contributed by atoms with Crippen LogP contribution in [0.3, 0.4) is 0 Å². The molecule has 144 valence electrons. The van der Waals surface area contributed by atoms with Gasteiger partial charge in [0.15, 0.2) is 0 Å².